The van der Waals surface area contributed by atoms with Crippen LogP contribution in [0.4, 0.5) is 0 Å². The Morgan fingerprint density at radius 3 is 1.87 bits per heavy atom. The SMILES string of the molecule is C=CC12CC3CC(C)(C1)CC(C=C)(C3)C2. The van der Waals surface area contributed by atoms with Crippen molar-refractivity contribution < 1.29 is 0 Å². The summed E-state index contributed by atoms with van der Waals surface area (Å²) in [6, 6.07) is 0. The molecule has 0 aromatic rings. The topological polar surface area (TPSA) is 0 Å². The second-order valence-corrected chi connectivity index (χ2v) is 6.95. The number of hydrogen-bond acceptors (Lipinski definition) is 0. The molecule has 4 saturated carbocycles. The van der Waals surface area contributed by atoms with Gasteiger partial charge in [0.1, 0.15) is 0 Å². The van der Waals surface area contributed by atoms with Gasteiger partial charge in [-0.25, -0.2) is 0 Å². The summed E-state index contributed by atoms with van der Waals surface area (Å²) in [5.74, 6) is 0.947. The molecule has 0 spiro atoms. The summed E-state index contributed by atoms with van der Waals surface area (Å²) in [7, 11) is 0. The van der Waals surface area contributed by atoms with E-state index < -0.39 is 0 Å². The largest absolute Gasteiger partial charge is 0.103 e. The van der Waals surface area contributed by atoms with Crippen molar-refractivity contribution >= 4 is 0 Å². The normalized spacial score (nSPS) is 56.7. The molecule has 0 N–H and O–H groups in total. The van der Waals surface area contributed by atoms with Gasteiger partial charge in [-0.1, -0.05) is 19.1 Å². The van der Waals surface area contributed by atoms with E-state index >= 15 is 0 Å². The first-order valence-electron chi connectivity index (χ1n) is 6.30. The van der Waals surface area contributed by atoms with Gasteiger partial charge in [0.2, 0.25) is 0 Å². The Morgan fingerprint density at radius 2 is 1.47 bits per heavy atom. The van der Waals surface area contributed by atoms with E-state index in [-0.39, 0.29) is 0 Å². The van der Waals surface area contributed by atoms with E-state index in [4.69, 9.17) is 0 Å². The minimum Gasteiger partial charge on any atom is -0.103 e. The molecule has 15 heavy (non-hydrogen) atoms. The van der Waals surface area contributed by atoms with Crippen molar-refractivity contribution in [3.05, 3.63) is 25.3 Å². The summed E-state index contributed by atoms with van der Waals surface area (Å²) >= 11 is 0. The van der Waals surface area contributed by atoms with Crippen LogP contribution in [0.5, 0.6) is 0 Å². The highest BCUT2D eigenvalue weighted by molar-refractivity contribution is 5.19. The van der Waals surface area contributed by atoms with Gasteiger partial charge in [0.15, 0.2) is 0 Å². The monoisotopic (exact) mass is 202 g/mol. The predicted molar refractivity (Wildman–Crippen MR) is 64.6 cm³/mol. The van der Waals surface area contributed by atoms with E-state index in [1.165, 1.54) is 38.5 Å². The van der Waals surface area contributed by atoms with Crippen LogP contribution in [0, 0.1) is 22.2 Å². The van der Waals surface area contributed by atoms with Crippen LogP contribution >= 0.6 is 0 Å². The number of allylic oxidation sites excluding steroid dienone is 2. The smallest absolute Gasteiger partial charge is 0.0105 e. The van der Waals surface area contributed by atoms with Crippen LogP contribution in [0.15, 0.2) is 25.3 Å². The summed E-state index contributed by atoms with van der Waals surface area (Å²) in [5, 5.41) is 0. The molecule has 0 heteroatoms. The third kappa shape index (κ3) is 1.20. The maximum absolute atomic E-state index is 4.11. The summed E-state index contributed by atoms with van der Waals surface area (Å²) in [6.07, 6.45) is 12.9. The van der Waals surface area contributed by atoms with E-state index in [0.29, 0.717) is 16.2 Å². The first-order chi connectivity index (χ1) is 7.03. The van der Waals surface area contributed by atoms with Crippen molar-refractivity contribution in [3.63, 3.8) is 0 Å². The molecule has 0 radical (unpaired) electrons. The molecule has 0 heterocycles. The molecule has 0 aromatic carbocycles. The lowest BCUT2D eigenvalue weighted by Gasteiger charge is -2.65. The van der Waals surface area contributed by atoms with E-state index in [9.17, 15) is 0 Å². The number of hydrogen-bond donors (Lipinski definition) is 0. The van der Waals surface area contributed by atoms with Crippen LogP contribution in [0.3, 0.4) is 0 Å². The second kappa shape index (κ2) is 2.59. The Kier molecular flexibility index (Phi) is 1.67. The molecule has 2 unspecified atom stereocenters. The molecule has 4 aliphatic carbocycles. The first-order valence-corrected chi connectivity index (χ1v) is 6.30. The highest BCUT2D eigenvalue weighted by Crippen LogP contribution is 2.70. The van der Waals surface area contributed by atoms with Gasteiger partial charge >= 0.3 is 0 Å². The van der Waals surface area contributed by atoms with Crippen molar-refractivity contribution in [1.29, 1.82) is 0 Å². The lowest BCUT2D eigenvalue weighted by atomic mass is 9.40. The molecule has 2 atom stereocenters. The van der Waals surface area contributed by atoms with Crippen molar-refractivity contribution in [2.45, 2.75) is 45.4 Å². The van der Waals surface area contributed by atoms with Crippen molar-refractivity contribution in [2.75, 3.05) is 0 Å². The van der Waals surface area contributed by atoms with Gasteiger partial charge in [-0.2, -0.15) is 0 Å². The maximum Gasteiger partial charge on any atom is -0.0105 e. The molecule has 82 valence electrons. The molecule has 4 bridgehead atoms. The Bertz CT molecular complexity index is 301. The Hall–Kier alpha value is -0.520. The molecule has 0 amide bonds. The summed E-state index contributed by atoms with van der Waals surface area (Å²) in [6.45, 7) is 10.7. The molecule has 0 nitrogen and oxygen atoms in total. The minimum absolute atomic E-state index is 0.461. The van der Waals surface area contributed by atoms with Gasteiger partial charge in [-0.3, -0.25) is 0 Å². The summed E-state index contributed by atoms with van der Waals surface area (Å²) in [5.41, 5.74) is 1.51. The molecule has 0 aromatic heterocycles. The fraction of sp³-hybridized carbons (Fsp3) is 0.733. The third-order valence-electron chi connectivity index (χ3n) is 5.30. The average molecular weight is 202 g/mol. The highest BCUT2D eigenvalue weighted by Gasteiger charge is 2.59. The molecule has 4 aliphatic rings. The second-order valence-electron chi connectivity index (χ2n) is 6.95. The van der Waals surface area contributed by atoms with Gasteiger partial charge in [-0.05, 0) is 60.7 Å². The van der Waals surface area contributed by atoms with E-state index in [1.54, 1.807) is 0 Å². The maximum atomic E-state index is 4.11. The first kappa shape index (κ1) is 9.69. The van der Waals surface area contributed by atoms with Crippen molar-refractivity contribution in [3.8, 4) is 0 Å². The van der Waals surface area contributed by atoms with Gasteiger partial charge < -0.3 is 0 Å². The lowest BCUT2D eigenvalue weighted by Crippen LogP contribution is -2.54. The van der Waals surface area contributed by atoms with Crippen molar-refractivity contribution in [1.82, 2.24) is 0 Å². The summed E-state index contributed by atoms with van der Waals surface area (Å²) in [4.78, 5) is 0. The van der Waals surface area contributed by atoms with Gasteiger partial charge in [0, 0.05) is 0 Å². The van der Waals surface area contributed by atoms with Crippen LogP contribution < -0.4 is 0 Å². The Labute approximate surface area is 93.5 Å². The van der Waals surface area contributed by atoms with Crippen LogP contribution in [-0.2, 0) is 0 Å². The summed E-state index contributed by atoms with van der Waals surface area (Å²) < 4.78 is 0. The number of rotatable bonds is 2. The van der Waals surface area contributed by atoms with Crippen LogP contribution in [0.2, 0.25) is 0 Å². The molecular weight excluding hydrogens is 180 g/mol. The van der Waals surface area contributed by atoms with E-state index in [1.807, 2.05) is 0 Å². The van der Waals surface area contributed by atoms with E-state index in [2.05, 4.69) is 32.2 Å². The molecule has 0 aliphatic heterocycles. The average Bonchev–Trinajstić information content (AvgIpc) is 2.14. The lowest BCUT2D eigenvalue weighted by molar-refractivity contribution is -0.111. The third-order valence-corrected chi connectivity index (χ3v) is 5.30. The highest BCUT2D eigenvalue weighted by atomic mass is 14.6. The zero-order valence-electron chi connectivity index (χ0n) is 9.89. The van der Waals surface area contributed by atoms with Gasteiger partial charge in [0.05, 0.1) is 0 Å². The standard InChI is InChI=1S/C15H22/c1-4-14-7-12-6-13(3,9-14)10-15(5-2,8-12)11-14/h4-5,12H,1-2,6-11H2,3H3. The Morgan fingerprint density at radius 1 is 0.933 bits per heavy atom. The zero-order valence-corrected chi connectivity index (χ0v) is 9.89. The van der Waals surface area contributed by atoms with Crippen molar-refractivity contribution in [2.24, 2.45) is 22.2 Å². The molecule has 0 saturated heterocycles. The minimum atomic E-state index is 0.461. The van der Waals surface area contributed by atoms with Crippen LogP contribution in [-0.4, -0.2) is 0 Å². The van der Waals surface area contributed by atoms with Crippen LogP contribution in [0.1, 0.15) is 45.4 Å². The molecule has 4 rings (SSSR count). The van der Waals surface area contributed by atoms with Gasteiger partial charge in [0.25, 0.3) is 0 Å². The zero-order chi connectivity index (χ0) is 10.7. The molecule has 4 fully saturated rings. The predicted octanol–water partition coefficient (Wildman–Crippen LogP) is 4.34. The Balaban J connectivity index is 2.07. The quantitative estimate of drug-likeness (QED) is 0.584. The molecular formula is C15H22. The fourth-order valence-electron chi connectivity index (χ4n) is 5.54. The van der Waals surface area contributed by atoms with Crippen LogP contribution in [0.25, 0.3) is 0 Å². The van der Waals surface area contributed by atoms with Gasteiger partial charge in [-0.15, -0.1) is 13.2 Å². The fourth-order valence-corrected chi connectivity index (χ4v) is 5.54. The van der Waals surface area contributed by atoms with E-state index in [0.717, 1.165) is 5.92 Å².